The van der Waals surface area contributed by atoms with Gasteiger partial charge in [-0.25, -0.2) is 9.07 Å². The maximum absolute atomic E-state index is 13.2. The molecule has 1 atom stereocenters. The lowest BCUT2D eigenvalue weighted by Gasteiger charge is -2.21. The number of pyridine rings is 1. The molecule has 138 valence electrons. The van der Waals surface area contributed by atoms with Crippen molar-refractivity contribution in [2.24, 2.45) is 0 Å². The maximum Gasteiger partial charge on any atom is 0.274 e. The van der Waals surface area contributed by atoms with Crippen molar-refractivity contribution in [2.45, 2.75) is 25.8 Å². The van der Waals surface area contributed by atoms with Gasteiger partial charge in [-0.1, -0.05) is 0 Å². The van der Waals surface area contributed by atoms with E-state index in [0.717, 1.165) is 12.1 Å². The Morgan fingerprint density at radius 1 is 1.30 bits per heavy atom. The molecular weight excluding hydrogens is 347 g/mol. The largest absolute Gasteiger partial charge is 0.332 e. The van der Waals surface area contributed by atoms with Gasteiger partial charge in [0.25, 0.3) is 5.91 Å². The van der Waals surface area contributed by atoms with Crippen molar-refractivity contribution in [2.75, 3.05) is 13.2 Å². The highest BCUT2D eigenvalue weighted by Crippen LogP contribution is 2.25. The number of likely N-dealkylation sites (tertiary alicyclic amines) is 1. The molecule has 0 bridgehead atoms. The summed E-state index contributed by atoms with van der Waals surface area (Å²) >= 11 is 0. The van der Waals surface area contributed by atoms with Gasteiger partial charge in [-0.2, -0.15) is 5.10 Å². The molecule has 1 fully saturated rings. The normalized spacial score (nSPS) is 16.7. The van der Waals surface area contributed by atoms with Gasteiger partial charge in [-0.3, -0.25) is 19.7 Å². The van der Waals surface area contributed by atoms with Crippen molar-refractivity contribution >= 4 is 5.91 Å². The first-order chi connectivity index (χ1) is 13.2. The Labute approximate surface area is 155 Å². The SMILES string of the molecule is Cc1cnc(-c2cc(C(=O)N3CCC[C@H]3CF)nn2-c2cccnc2)cn1. The van der Waals surface area contributed by atoms with Gasteiger partial charge < -0.3 is 4.90 Å². The standard InChI is InChI=1S/C19H19FN6O/c1-13-10-23-17(12-22-13)18-8-16(19(27)25-7-3-5-14(25)9-20)24-26(18)15-4-2-6-21-11-15/h2,4,6,8,10-12,14H,3,5,7,9H2,1H3/t14-/m0/s1. The molecule has 0 radical (unpaired) electrons. The molecule has 0 N–H and O–H groups in total. The van der Waals surface area contributed by atoms with E-state index < -0.39 is 6.67 Å². The Bertz CT molecular complexity index is 941. The topological polar surface area (TPSA) is 76.8 Å². The molecule has 0 unspecified atom stereocenters. The summed E-state index contributed by atoms with van der Waals surface area (Å²) in [6, 6.07) is 4.95. The van der Waals surface area contributed by atoms with Crippen LogP contribution in [0.3, 0.4) is 0 Å². The molecule has 8 heteroatoms. The molecule has 7 nitrogen and oxygen atoms in total. The summed E-state index contributed by atoms with van der Waals surface area (Å²) in [5.74, 6) is -0.265. The van der Waals surface area contributed by atoms with Gasteiger partial charge in [0.1, 0.15) is 12.4 Å². The molecule has 0 aliphatic carbocycles. The fourth-order valence-corrected chi connectivity index (χ4v) is 3.28. The smallest absolute Gasteiger partial charge is 0.274 e. The molecule has 1 saturated heterocycles. The van der Waals surface area contributed by atoms with E-state index in [0.29, 0.717) is 30.0 Å². The predicted octanol–water partition coefficient (Wildman–Crippen LogP) is 2.61. The highest BCUT2D eigenvalue weighted by molar-refractivity contribution is 5.94. The van der Waals surface area contributed by atoms with Gasteiger partial charge in [0.2, 0.25) is 0 Å². The summed E-state index contributed by atoms with van der Waals surface area (Å²) < 4.78 is 14.9. The molecule has 4 rings (SSSR count). The highest BCUT2D eigenvalue weighted by atomic mass is 19.1. The lowest BCUT2D eigenvalue weighted by Crippen LogP contribution is -2.37. The Kier molecular flexibility index (Phi) is 4.62. The van der Waals surface area contributed by atoms with Crippen molar-refractivity contribution in [3.05, 3.63) is 54.4 Å². The summed E-state index contributed by atoms with van der Waals surface area (Å²) in [5, 5.41) is 4.49. The van der Waals surface area contributed by atoms with Gasteiger partial charge in [0.05, 0.1) is 35.5 Å². The molecule has 3 aromatic rings. The van der Waals surface area contributed by atoms with Crippen LogP contribution in [0.15, 0.2) is 43.0 Å². The van der Waals surface area contributed by atoms with Crippen LogP contribution in [-0.4, -0.2) is 54.8 Å². The first-order valence-corrected chi connectivity index (χ1v) is 8.84. The van der Waals surface area contributed by atoms with E-state index in [4.69, 9.17) is 0 Å². The minimum atomic E-state index is -0.536. The van der Waals surface area contributed by atoms with Gasteiger partial charge in [-0.05, 0) is 38.0 Å². The summed E-state index contributed by atoms with van der Waals surface area (Å²) in [5.41, 5.74) is 2.99. The number of aromatic nitrogens is 5. The minimum absolute atomic E-state index is 0.261. The van der Waals surface area contributed by atoms with Crippen LogP contribution >= 0.6 is 0 Å². The number of hydrogen-bond donors (Lipinski definition) is 0. The lowest BCUT2D eigenvalue weighted by molar-refractivity contribution is 0.0710. The third-order valence-electron chi connectivity index (χ3n) is 4.68. The Morgan fingerprint density at radius 3 is 2.89 bits per heavy atom. The first kappa shape index (κ1) is 17.3. The fraction of sp³-hybridized carbons (Fsp3) is 0.316. The Morgan fingerprint density at radius 2 is 2.19 bits per heavy atom. The average Bonchev–Trinajstić information content (AvgIpc) is 3.36. The van der Waals surface area contributed by atoms with E-state index in [1.165, 1.54) is 0 Å². The highest BCUT2D eigenvalue weighted by Gasteiger charge is 2.31. The van der Waals surface area contributed by atoms with Crippen LogP contribution in [0.5, 0.6) is 0 Å². The van der Waals surface area contributed by atoms with E-state index in [-0.39, 0.29) is 17.6 Å². The average molecular weight is 366 g/mol. The fourth-order valence-electron chi connectivity index (χ4n) is 3.28. The molecular formula is C19H19FN6O. The molecule has 0 saturated carbocycles. The zero-order chi connectivity index (χ0) is 18.8. The number of nitrogens with zero attached hydrogens (tertiary/aromatic N) is 6. The molecule has 1 amide bonds. The lowest BCUT2D eigenvalue weighted by atomic mass is 10.2. The van der Waals surface area contributed by atoms with Crippen LogP contribution in [-0.2, 0) is 0 Å². The molecule has 4 heterocycles. The van der Waals surface area contributed by atoms with Crippen LogP contribution < -0.4 is 0 Å². The second kappa shape index (κ2) is 7.22. The van der Waals surface area contributed by atoms with Crippen molar-refractivity contribution in [3.63, 3.8) is 0 Å². The Balaban J connectivity index is 1.78. The van der Waals surface area contributed by atoms with Crippen LogP contribution in [0.25, 0.3) is 17.1 Å². The van der Waals surface area contributed by atoms with Crippen LogP contribution in [0.2, 0.25) is 0 Å². The van der Waals surface area contributed by atoms with Crippen LogP contribution in [0.4, 0.5) is 4.39 Å². The van der Waals surface area contributed by atoms with Gasteiger partial charge >= 0.3 is 0 Å². The van der Waals surface area contributed by atoms with E-state index in [1.807, 2.05) is 13.0 Å². The zero-order valence-corrected chi connectivity index (χ0v) is 14.9. The van der Waals surface area contributed by atoms with Crippen molar-refractivity contribution in [3.8, 4) is 17.1 Å². The number of carbonyl (C=O) groups is 1. The second-order valence-electron chi connectivity index (χ2n) is 6.53. The van der Waals surface area contributed by atoms with Crippen molar-refractivity contribution in [1.29, 1.82) is 0 Å². The number of carbonyl (C=O) groups excluding carboxylic acids is 1. The molecule has 0 aromatic carbocycles. The van der Waals surface area contributed by atoms with Gasteiger partial charge in [-0.15, -0.1) is 0 Å². The quantitative estimate of drug-likeness (QED) is 0.709. The summed E-state index contributed by atoms with van der Waals surface area (Å²) in [6.07, 6.45) is 8.12. The number of aryl methyl sites for hydroxylation is 1. The molecule has 1 aliphatic rings. The maximum atomic E-state index is 13.2. The number of rotatable bonds is 4. The van der Waals surface area contributed by atoms with Crippen LogP contribution in [0, 0.1) is 6.92 Å². The molecule has 3 aromatic heterocycles. The number of hydrogen-bond acceptors (Lipinski definition) is 5. The number of halogens is 1. The first-order valence-electron chi connectivity index (χ1n) is 8.84. The monoisotopic (exact) mass is 366 g/mol. The zero-order valence-electron chi connectivity index (χ0n) is 14.9. The number of amides is 1. The molecule has 1 aliphatic heterocycles. The second-order valence-corrected chi connectivity index (χ2v) is 6.53. The van der Waals surface area contributed by atoms with E-state index in [9.17, 15) is 9.18 Å². The van der Waals surface area contributed by atoms with Gasteiger partial charge in [0, 0.05) is 18.9 Å². The van der Waals surface area contributed by atoms with Crippen LogP contribution in [0.1, 0.15) is 29.0 Å². The van der Waals surface area contributed by atoms with Crippen molar-refractivity contribution in [1.82, 2.24) is 29.6 Å². The Hall–Kier alpha value is -3.16. The summed E-state index contributed by atoms with van der Waals surface area (Å²) in [4.78, 5) is 27.3. The molecule has 27 heavy (non-hydrogen) atoms. The van der Waals surface area contributed by atoms with E-state index >= 15 is 0 Å². The number of alkyl halides is 1. The summed E-state index contributed by atoms with van der Waals surface area (Å²) in [6.45, 7) is 1.87. The van der Waals surface area contributed by atoms with E-state index in [2.05, 4.69) is 20.1 Å². The minimum Gasteiger partial charge on any atom is -0.332 e. The summed E-state index contributed by atoms with van der Waals surface area (Å²) in [7, 11) is 0. The third kappa shape index (κ3) is 3.30. The van der Waals surface area contributed by atoms with Crippen molar-refractivity contribution < 1.29 is 9.18 Å². The third-order valence-corrected chi connectivity index (χ3v) is 4.68. The molecule has 0 spiro atoms. The van der Waals surface area contributed by atoms with E-state index in [1.54, 1.807) is 46.5 Å². The van der Waals surface area contributed by atoms with Gasteiger partial charge in [0.15, 0.2) is 5.69 Å². The predicted molar refractivity (Wildman–Crippen MR) is 97.2 cm³/mol.